The molecule has 1 unspecified atom stereocenters. The molecule has 0 amide bonds. The molecule has 1 N–H and O–H groups in total. The minimum Gasteiger partial charge on any atom is -0.467 e. The number of nitrogens with one attached hydrogen (secondary N) is 1. The zero-order chi connectivity index (χ0) is 13.5. The first-order chi connectivity index (χ1) is 7.88. The summed E-state index contributed by atoms with van der Waals surface area (Å²) >= 11 is 0. The van der Waals surface area contributed by atoms with Gasteiger partial charge in [0.25, 0.3) is 0 Å². The van der Waals surface area contributed by atoms with E-state index in [2.05, 4.69) is 33.0 Å². The van der Waals surface area contributed by atoms with Gasteiger partial charge in [-0.2, -0.15) is 0 Å². The van der Waals surface area contributed by atoms with E-state index in [0.717, 1.165) is 18.9 Å². The van der Waals surface area contributed by atoms with Crippen molar-refractivity contribution in [3.63, 3.8) is 0 Å². The Bertz CT molecular complexity index is 234. The SMILES string of the molecule is CC(C)C.COC(=O)[C@@]1(OC)CNCC(C)C1.[HH]. The van der Waals surface area contributed by atoms with Crippen molar-refractivity contribution < 1.29 is 15.7 Å². The largest absolute Gasteiger partial charge is 0.467 e. The topological polar surface area (TPSA) is 47.6 Å². The molecule has 0 aliphatic carbocycles. The molecule has 1 aliphatic rings. The normalized spacial score (nSPS) is 28.3. The van der Waals surface area contributed by atoms with Crippen LogP contribution in [0.25, 0.3) is 0 Å². The average molecular weight is 247 g/mol. The standard InChI is InChI=1S/C9H17NO3.C4H10.H2/c1-7-4-9(13-3,6-10-5-7)8(11)12-2;1-4(2)3;/h7,10H,4-6H2,1-3H3;4H,1-3H3;1H/t7?,9-;;/m0../s1. The number of esters is 1. The Labute approximate surface area is 107 Å². The van der Waals surface area contributed by atoms with Gasteiger partial charge >= 0.3 is 5.97 Å². The predicted molar refractivity (Wildman–Crippen MR) is 71.0 cm³/mol. The highest BCUT2D eigenvalue weighted by atomic mass is 16.6. The summed E-state index contributed by atoms with van der Waals surface area (Å²) in [4.78, 5) is 11.5. The van der Waals surface area contributed by atoms with Crippen molar-refractivity contribution in [1.82, 2.24) is 5.32 Å². The van der Waals surface area contributed by atoms with E-state index in [-0.39, 0.29) is 7.40 Å². The van der Waals surface area contributed by atoms with E-state index < -0.39 is 5.60 Å². The summed E-state index contributed by atoms with van der Waals surface area (Å²) in [5.41, 5.74) is -0.771. The molecule has 104 valence electrons. The lowest BCUT2D eigenvalue weighted by Crippen LogP contribution is -2.55. The molecule has 1 rings (SSSR count). The zero-order valence-electron chi connectivity index (χ0n) is 12.0. The molecule has 0 aromatic rings. The van der Waals surface area contributed by atoms with Gasteiger partial charge in [-0.15, -0.1) is 0 Å². The lowest BCUT2D eigenvalue weighted by molar-refractivity contribution is -0.169. The third kappa shape index (κ3) is 5.50. The maximum absolute atomic E-state index is 11.5. The molecular weight excluding hydrogens is 218 g/mol. The van der Waals surface area contributed by atoms with Crippen LogP contribution in [-0.4, -0.2) is 38.9 Å². The summed E-state index contributed by atoms with van der Waals surface area (Å²) in [6.45, 7) is 10.1. The summed E-state index contributed by atoms with van der Waals surface area (Å²) < 4.78 is 9.99. The lowest BCUT2D eigenvalue weighted by atomic mass is 9.87. The van der Waals surface area contributed by atoms with Crippen LogP contribution in [0, 0.1) is 11.8 Å². The fourth-order valence-corrected chi connectivity index (χ4v) is 1.81. The summed E-state index contributed by atoms with van der Waals surface area (Å²) in [7, 11) is 2.94. The first-order valence-corrected chi connectivity index (χ1v) is 6.22. The quantitative estimate of drug-likeness (QED) is 0.759. The molecule has 0 aromatic carbocycles. The number of hydrogen-bond acceptors (Lipinski definition) is 4. The van der Waals surface area contributed by atoms with Crippen LogP contribution < -0.4 is 5.32 Å². The summed E-state index contributed by atoms with van der Waals surface area (Å²) in [6, 6.07) is 0. The lowest BCUT2D eigenvalue weighted by Gasteiger charge is -2.36. The van der Waals surface area contributed by atoms with Gasteiger partial charge in [-0.25, -0.2) is 4.79 Å². The third-order valence-electron chi connectivity index (χ3n) is 2.53. The highest BCUT2D eigenvalue weighted by Gasteiger charge is 2.43. The second-order valence-corrected chi connectivity index (χ2v) is 5.36. The van der Waals surface area contributed by atoms with Crippen LogP contribution in [0.15, 0.2) is 0 Å². The van der Waals surface area contributed by atoms with Gasteiger partial charge in [0.2, 0.25) is 0 Å². The smallest absolute Gasteiger partial charge is 0.339 e. The van der Waals surface area contributed by atoms with Gasteiger partial charge in [-0.05, 0) is 24.8 Å². The van der Waals surface area contributed by atoms with Gasteiger partial charge in [-0.1, -0.05) is 27.7 Å². The van der Waals surface area contributed by atoms with E-state index in [1.54, 1.807) is 7.11 Å². The summed E-state index contributed by atoms with van der Waals surface area (Å²) in [5, 5.41) is 3.17. The Kier molecular flexibility index (Phi) is 7.39. The first kappa shape index (κ1) is 16.4. The molecule has 2 atom stereocenters. The fourth-order valence-electron chi connectivity index (χ4n) is 1.81. The van der Waals surface area contributed by atoms with Crippen LogP contribution in [0.1, 0.15) is 35.5 Å². The van der Waals surface area contributed by atoms with Crippen LogP contribution in [-0.2, 0) is 14.3 Å². The van der Waals surface area contributed by atoms with Crippen molar-refractivity contribution in [2.24, 2.45) is 11.8 Å². The number of methoxy groups -OCH3 is 2. The van der Waals surface area contributed by atoms with Gasteiger partial charge in [0.15, 0.2) is 5.60 Å². The number of ether oxygens (including phenoxy) is 2. The molecule has 1 heterocycles. The highest BCUT2D eigenvalue weighted by molar-refractivity contribution is 5.80. The molecule has 1 saturated heterocycles. The summed E-state index contributed by atoms with van der Waals surface area (Å²) in [5.74, 6) is 0.988. The van der Waals surface area contributed by atoms with E-state index in [1.165, 1.54) is 7.11 Å². The number of carbonyl (C=O) groups is 1. The number of piperidine rings is 1. The van der Waals surface area contributed by atoms with E-state index >= 15 is 0 Å². The van der Waals surface area contributed by atoms with Crippen LogP contribution in [0.4, 0.5) is 0 Å². The molecule has 0 bridgehead atoms. The fraction of sp³-hybridized carbons (Fsp3) is 0.923. The second kappa shape index (κ2) is 7.67. The van der Waals surface area contributed by atoms with Crippen LogP contribution in [0.2, 0.25) is 0 Å². The van der Waals surface area contributed by atoms with E-state index in [1.807, 2.05) is 0 Å². The van der Waals surface area contributed by atoms with Gasteiger partial charge in [0.1, 0.15) is 0 Å². The minimum absolute atomic E-state index is 0. The molecule has 17 heavy (non-hydrogen) atoms. The van der Waals surface area contributed by atoms with Crippen molar-refractivity contribution in [1.29, 1.82) is 0 Å². The molecular formula is C13H29NO3. The number of hydrogen-bond donors (Lipinski definition) is 1. The van der Waals surface area contributed by atoms with Gasteiger partial charge < -0.3 is 14.8 Å². The van der Waals surface area contributed by atoms with Crippen molar-refractivity contribution >= 4 is 5.97 Å². The molecule has 4 heteroatoms. The molecule has 0 aromatic heterocycles. The van der Waals surface area contributed by atoms with E-state index in [4.69, 9.17) is 9.47 Å². The van der Waals surface area contributed by atoms with Crippen molar-refractivity contribution in [2.45, 2.75) is 39.7 Å². The number of rotatable bonds is 2. The molecule has 1 fully saturated rings. The van der Waals surface area contributed by atoms with Gasteiger partial charge in [0, 0.05) is 15.1 Å². The Morgan fingerprint density at radius 2 is 1.94 bits per heavy atom. The van der Waals surface area contributed by atoms with E-state index in [9.17, 15) is 4.79 Å². The molecule has 0 radical (unpaired) electrons. The molecule has 1 aliphatic heterocycles. The maximum atomic E-state index is 11.5. The Morgan fingerprint density at radius 3 is 2.29 bits per heavy atom. The minimum atomic E-state index is -0.771. The first-order valence-electron chi connectivity index (χ1n) is 6.22. The third-order valence-corrected chi connectivity index (χ3v) is 2.53. The van der Waals surface area contributed by atoms with Crippen molar-refractivity contribution in [2.75, 3.05) is 27.3 Å². The van der Waals surface area contributed by atoms with Crippen molar-refractivity contribution in [3.05, 3.63) is 0 Å². The number of carbonyl (C=O) groups excluding carboxylic acids is 1. The molecule has 0 saturated carbocycles. The van der Waals surface area contributed by atoms with Gasteiger partial charge in [-0.3, -0.25) is 0 Å². The zero-order valence-corrected chi connectivity index (χ0v) is 12.0. The Morgan fingerprint density at radius 1 is 1.41 bits per heavy atom. The summed E-state index contributed by atoms with van der Waals surface area (Å²) in [6.07, 6.45) is 0.725. The molecule has 0 spiro atoms. The Hall–Kier alpha value is -0.610. The van der Waals surface area contributed by atoms with E-state index in [0.29, 0.717) is 12.5 Å². The highest BCUT2D eigenvalue weighted by Crippen LogP contribution is 2.25. The monoisotopic (exact) mass is 247 g/mol. The average Bonchev–Trinajstić information content (AvgIpc) is 2.27. The second-order valence-electron chi connectivity index (χ2n) is 5.36. The van der Waals surface area contributed by atoms with Gasteiger partial charge in [0.05, 0.1) is 7.11 Å². The van der Waals surface area contributed by atoms with Crippen LogP contribution >= 0.6 is 0 Å². The Balaban J connectivity index is 0. The van der Waals surface area contributed by atoms with Crippen molar-refractivity contribution in [3.8, 4) is 0 Å². The van der Waals surface area contributed by atoms with Crippen LogP contribution in [0.5, 0.6) is 0 Å². The maximum Gasteiger partial charge on any atom is 0.339 e. The molecule has 4 nitrogen and oxygen atoms in total. The van der Waals surface area contributed by atoms with Crippen LogP contribution in [0.3, 0.4) is 0 Å². The predicted octanol–water partition coefficient (Wildman–Crippen LogP) is 2.08.